The van der Waals surface area contributed by atoms with E-state index in [1.165, 1.54) is 17.0 Å². The van der Waals surface area contributed by atoms with Gasteiger partial charge in [0.2, 0.25) is 5.91 Å². The van der Waals surface area contributed by atoms with Gasteiger partial charge in [-0.3, -0.25) is 9.59 Å². The number of carbonyl (C=O) groups is 3. The number of alkyl carbamates (subject to hydrolysis) is 1. The zero-order chi connectivity index (χ0) is 24.8. The number of aryl methyl sites for hydroxylation is 1. The average molecular weight is 476 g/mol. The van der Waals surface area contributed by atoms with Crippen molar-refractivity contribution in [3.8, 4) is 5.75 Å². The fourth-order valence-electron chi connectivity index (χ4n) is 3.22. The normalized spacial score (nSPS) is 11.9. The summed E-state index contributed by atoms with van der Waals surface area (Å²) in [5, 5.41) is 15.6. The van der Waals surface area contributed by atoms with Crippen LogP contribution in [0.4, 0.5) is 10.5 Å². The summed E-state index contributed by atoms with van der Waals surface area (Å²) < 4.78 is 5.17. The molecule has 1 atom stereocenters. The molecular formula is C24H30ClN3O5. The lowest BCUT2D eigenvalue weighted by Crippen LogP contribution is -2.46. The van der Waals surface area contributed by atoms with Crippen LogP contribution in [0.1, 0.15) is 44.9 Å². The van der Waals surface area contributed by atoms with Crippen molar-refractivity contribution in [3.63, 3.8) is 0 Å². The van der Waals surface area contributed by atoms with Crippen molar-refractivity contribution in [2.45, 2.75) is 46.3 Å². The second kappa shape index (κ2) is 11.0. The van der Waals surface area contributed by atoms with Crippen LogP contribution in [-0.4, -0.2) is 46.6 Å². The molecule has 0 aliphatic carbocycles. The van der Waals surface area contributed by atoms with E-state index in [0.29, 0.717) is 16.3 Å². The Hall–Kier alpha value is -3.26. The van der Waals surface area contributed by atoms with Gasteiger partial charge in [0.15, 0.2) is 0 Å². The van der Waals surface area contributed by atoms with Crippen LogP contribution >= 0.6 is 11.6 Å². The summed E-state index contributed by atoms with van der Waals surface area (Å²) in [6.07, 6.45) is -0.739. The Labute approximate surface area is 198 Å². The van der Waals surface area contributed by atoms with E-state index in [4.69, 9.17) is 16.3 Å². The molecule has 0 bridgehead atoms. The highest BCUT2D eigenvalue weighted by atomic mass is 35.5. The van der Waals surface area contributed by atoms with Crippen LogP contribution in [-0.2, 0) is 14.3 Å². The van der Waals surface area contributed by atoms with E-state index in [0.717, 1.165) is 5.56 Å². The number of nitrogens with one attached hydrogen (secondary N) is 2. The van der Waals surface area contributed by atoms with E-state index in [1.807, 2.05) is 0 Å². The first kappa shape index (κ1) is 26.0. The SMILES string of the molecule is CCN(C(=O)CNC(=O)OC(C)(C)C)C(C(=O)Nc1c(C)cccc1Cl)c1cccc(O)c1. The van der Waals surface area contributed by atoms with Crippen LogP contribution in [0.15, 0.2) is 42.5 Å². The van der Waals surface area contributed by atoms with Crippen molar-refractivity contribution in [2.24, 2.45) is 0 Å². The standard InChI is InChI=1S/C24H30ClN3O5/c1-6-28(19(30)14-26-23(32)33-24(3,4)5)21(16-10-8-11-17(29)13-16)22(31)27-20-15(2)9-7-12-18(20)25/h7-13,21,29H,6,14H2,1-5H3,(H,26,32)(H,27,31). The maximum absolute atomic E-state index is 13.4. The highest BCUT2D eigenvalue weighted by Crippen LogP contribution is 2.30. The number of hydrogen-bond donors (Lipinski definition) is 3. The molecule has 0 saturated heterocycles. The van der Waals surface area contributed by atoms with Gasteiger partial charge >= 0.3 is 6.09 Å². The molecule has 0 aromatic heterocycles. The van der Waals surface area contributed by atoms with Gasteiger partial charge in [0.25, 0.3) is 5.91 Å². The molecule has 3 N–H and O–H groups in total. The van der Waals surface area contributed by atoms with E-state index in [1.54, 1.807) is 65.0 Å². The van der Waals surface area contributed by atoms with Crippen LogP contribution in [0.5, 0.6) is 5.75 Å². The van der Waals surface area contributed by atoms with Gasteiger partial charge in [0.1, 0.15) is 23.9 Å². The number of ether oxygens (including phenoxy) is 1. The number of nitrogens with zero attached hydrogens (tertiary/aromatic N) is 1. The molecule has 2 rings (SSSR count). The third-order valence-electron chi connectivity index (χ3n) is 4.66. The number of amides is 3. The van der Waals surface area contributed by atoms with Crippen LogP contribution in [0, 0.1) is 6.92 Å². The fourth-order valence-corrected chi connectivity index (χ4v) is 3.48. The Bertz CT molecular complexity index is 999. The Morgan fingerprint density at radius 3 is 2.39 bits per heavy atom. The van der Waals surface area contributed by atoms with Crippen molar-refractivity contribution in [1.82, 2.24) is 10.2 Å². The number of anilines is 1. The van der Waals surface area contributed by atoms with Crippen molar-refractivity contribution in [2.75, 3.05) is 18.4 Å². The molecule has 2 aromatic rings. The van der Waals surface area contributed by atoms with E-state index >= 15 is 0 Å². The first-order valence-electron chi connectivity index (χ1n) is 10.5. The molecule has 9 heteroatoms. The monoisotopic (exact) mass is 475 g/mol. The van der Waals surface area contributed by atoms with Crippen LogP contribution in [0.3, 0.4) is 0 Å². The molecule has 3 amide bonds. The minimum Gasteiger partial charge on any atom is -0.508 e. The topological polar surface area (TPSA) is 108 Å². The highest BCUT2D eigenvalue weighted by molar-refractivity contribution is 6.34. The first-order valence-corrected chi connectivity index (χ1v) is 10.9. The van der Waals surface area contributed by atoms with E-state index in [2.05, 4.69) is 10.6 Å². The molecule has 1 unspecified atom stereocenters. The third-order valence-corrected chi connectivity index (χ3v) is 4.97. The summed E-state index contributed by atoms with van der Waals surface area (Å²) in [5.41, 5.74) is 0.884. The number of likely N-dealkylation sites (N-methyl/N-ethyl adjacent to an activating group) is 1. The van der Waals surface area contributed by atoms with Gasteiger partial charge in [0.05, 0.1) is 10.7 Å². The number of hydrogen-bond acceptors (Lipinski definition) is 5. The Morgan fingerprint density at radius 2 is 1.82 bits per heavy atom. The van der Waals surface area contributed by atoms with Gasteiger partial charge < -0.3 is 25.4 Å². The second-order valence-electron chi connectivity index (χ2n) is 8.45. The Kier molecular flexibility index (Phi) is 8.70. The van der Waals surface area contributed by atoms with Gasteiger partial charge in [-0.15, -0.1) is 0 Å². The summed E-state index contributed by atoms with van der Waals surface area (Å²) in [5.74, 6) is -1.05. The number of aromatic hydroxyl groups is 1. The Morgan fingerprint density at radius 1 is 1.15 bits per heavy atom. The molecule has 33 heavy (non-hydrogen) atoms. The fraction of sp³-hybridized carbons (Fsp3) is 0.375. The number of carbonyl (C=O) groups excluding carboxylic acids is 3. The van der Waals surface area contributed by atoms with E-state index < -0.39 is 29.6 Å². The molecule has 2 aromatic carbocycles. The van der Waals surface area contributed by atoms with Gasteiger partial charge in [0, 0.05) is 6.54 Å². The highest BCUT2D eigenvalue weighted by Gasteiger charge is 2.31. The Balaban J connectivity index is 2.32. The lowest BCUT2D eigenvalue weighted by molar-refractivity contribution is -0.138. The number of rotatable bonds is 7. The molecule has 0 aliphatic rings. The lowest BCUT2D eigenvalue weighted by Gasteiger charge is -2.31. The van der Waals surface area contributed by atoms with Crippen molar-refractivity contribution in [3.05, 3.63) is 58.6 Å². The van der Waals surface area contributed by atoms with Crippen molar-refractivity contribution in [1.29, 1.82) is 0 Å². The van der Waals surface area contributed by atoms with Crippen LogP contribution in [0.25, 0.3) is 0 Å². The number of halogens is 1. The summed E-state index contributed by atoms with van der Waals surface area (Å²) >= 11 is 6.27. The van der Waals surface area contributed by atoms with E-state index in [-0.39, 0.29) is 18.8 Å². The average Bonchev–Trinajstić information content (AvgIpc) is 2.71. The molecular weight excluding hydrogens is 446 g/mol. The number of phenols is 1. The lowest BCUT2D eigenvalue weighted by atomic mass is 10.0. The zero-order valence-electron chi connectivity index (χ0n) is 19.4. The van der Waals surface area contributed by atoms with Crippen LogP contribution < -0.4 is 10.6 Å². The summed E-state index contributed by atoms with van der Waals surface area (Å²) in [6.45, 7) is 8.47. The molecule has 0 spiro atoms. The molecule has 8 nitrogen and oxygen atoms in total. The van der Waals surface area contributed by atoms with Gasteiger partial charge in [-0.1, -0.05) is 35.9 Å². The quantitative estimate of drug-likeness (QED) is 0.549. The maximum Gasteiger partial charge on any atom is 0.408 e. The summed E-state index contributed by atoms with van der Waals surface area (Å²) in [4.78, 5) is 39.7. The largest absolute Gasteiger partial charge is 0.508 e. The number of phenolic OH excluding ortho intramolecular Hbond substituents is 1. The van der Waals surface area contributed by atoms with E-state index in [9.17, 15) is 19.5 Å². The molecule has 0 aliphatic heterocycles. The van der Waals surface area contributed by atoms with Gasteiger partial charge in [-0.2, -0.15) is 0 Å². The molecule has 0 heterocycles. The predicted molar refractivity (Wildman–Crippen MR) is 127 cm³/mol. The summed E-state index contributed by atoms with van der Waals surface area (Å²) in [6, 6.07) is 10.3. The minimum absolute atomic E-state index is 0.0467. The zero-order valence-corrected chi connectivity index (χ0v) is 20.2. The third kappa shape index (κ3) is 7.39. The molecule has 178 valence electrons. The number of para-hydroxylation sites is 1. The van der Waals surface area contributed by atoms with Crippen LogP contribution in [0.2, 0.25) is 5.02 Å². The molecule has 0 radical (unpaired) electrons. The smallest absolute Gasteiger partial charge is 0.408 e. The number of benzene rings is 2. The minimum atomic E-state index is -1.08. The van der Waals surface area contributed by atoms with Gasteiger partial charge in [-0.05, 0) is 63.9 Å². The van der Waals surface area contributed by atoms with Crippen molar-refractivity contribution < 1.29 is 24.2 Å². The van der Waals surface area contributed by atoms with Gasteiger partial charge in [-0.25, -0.2) is 4.79 Å². The molecule has 0 saturated carbocycles. The summed E-state index contributed by atoms with van der Waals surface area (Å²) in [7, 11) is 0. The predicted octanol–water partition coefficient (Wildman–Crippen LogP) is 4.41. The molecule has 0 fully saturated rings. The van der Waals surface area contributed by atoms with Crippen molar-refractivity contribution >= 4 is 35.2 Å². The maximum atomic E-state index is 13.4. The second-order valence-corrected chi connectivity index (χ2v) is 8.86. The first-order chi connectivity index (χ1) is 15.4.